The van der Waals surface area contributed by atoms with Crippen molar-refractivity contribution in [2.24, 2.45) is 5.92 Å². The van der Waals surface area contributed by atoms with Crippen LogP contribution in [0.2, 0.25) is 0 Å². The summed E-state index contributed by atoms with van der Waals surface area (Å²) in [6.07, 6.45) is -6.05. The van der Waals surface area contributed by atoms with Crippen molar-refractivity contribution in [1.82, 2.24) is 4.98 Å². The predicted octanol–water partition coefficient (Wildman–Crippen LogP) is 4.27. The summed E-state index contributed by atoms with van der Waals surface area (Å²) in [6, 6.07) is 3.67. The van der Waals surface area contributed by atoms with Crippen LogP contribution in [0.4, 0.5) is 39.5 Å². The third kappa shape index (κ3) is 6.21. The van der Waals surface area contributed by atoms with Gasteiger partial charge in [-0.2, -0.15) is 13.2 Å². The lowest BCUT2D eigenvalue weighted by Gasteiger charge is -2.31. The van der Waals surface area contributed by atoms with Gasteiger partial charge in [0, 0.05) is 31.7 Å². The number of nitrogens with one attached hydrogen (secondary N) is 1. The van der Waals surface area contributed by atoms with E-state index in [0.29, 0.717) is 6.07 Å². The molecule has 9 nitrogen and oxygen atoms in total. The van der Waals surface area contributed by atoms with Gasteiger partial charge in [0.2, 0.25) is 11.8 Å². The predicted molar refractivity (Wildman–Crippen MR) is 130 cm³/mol. The summed E-state index contributed by atoms with van der Waals surface area (Å²) in [6.45, 7) is 5.50. The second-order valence-electron chi connectivity index (χ2n) is 9.87. The molecule has 1 aromatic carbocycles. The van der Waals surface area contributed by atoms with Crippen LogP contribution in [-0.2, 0) is 20.5 Å². The summed E-state index contributed by atoms with van der Waals surface area (Å²) in [4.78, 5) is 44.7. The Balaban J connectivity index is 2.03. The first-order valence-corrected chi connectivity index (χ1v) is 11.6. The molecule has 2 aromatic rings. The van der Waals surface area contributed by atoms with E-state index in [2.05, 4.69) is 10.3 Å². The molecule has 3 amide bonds. The van der Waals surface area contributed by atoms with Gasteiger partial charge in [0.15, 0.2) is 0 Å². The molecule has 0 spiro atoms. The molecule has 1 fully saturated rings. The minimum atomic E-state index is -4.73. The van der Waals surface area contributed by atoms with Crippen molar-refractivity contribution < 1.29 is 41.8 Å². The molecule has 38 heavy (non-hydrogen) atoms. The second kappa shape index (κ2) is 10.6. The number of aromatic nitrogens is 1. The Kier molecular flexibility index (Phi) is 8.01. The fourth-order valence-corrected chi connectivity index (χ4v) is 4.12. The number of carbonyl (C=O) groups is 3. The molecule has 0 saturated carbocycles. The minimum Gasteiger partial charge on any atom is -0.444 e. The Morgan fingerprint density at radius 3 is 2.47 bits per heavy atom. The van der Waals surface area contributed by atoms with E-state index in [1.54, 1.807) is 20.8 Å². The van der Waals surface area contributed by atoms with Gasteiger partial charge in [-0.3, -0.25) is 19.8 Å². The second-order valence-corrected chi connectivity index (χ2v) is 9.87. The molecule has 2 heterocycles. The molecule has 13 heteroatoms. The van der Waals surface area contributed by atoms with Crippen molar-refractivity contribution in [2.45, 2.75) is 51.9 Å². The number of ether oxygens (including phenoxy) is 1. The molecular formula is C25H28F4N4O5. The van der Waals surface area contributed by atoms with Crippen molar-refractivity contribution >= 4 is 35.1 Å². The van der Waals surface area contributed by atoms with Crippen molar-refractivity contribution in [3.63, 3.8) is 0 Å². The summed E-state index contributed by atoms with van der Waals surface area (Å²) in [7, 11) is 1.25. The normalized spacial score (nSPS) is 17.9. The molecule has 1 aliphatic rings. The molecule has 1 saturated heterocycles. The zero-order chi connectivity index (χ0) is 28.6. The van der Waals surface area contributed by atoms with Gasteiger partial charge in [-0.15, -0.1) is 0 Å². The van der Waals surface area contributed by atoms with Gasteiger partial charge < -0.3 is 14.7 Å². The highest BCUT2D eigenvalue weighted by Crippen LogP contribution is 2.37. The monoisotopic (exact) mass is 540 g/mol. The lowest BCUT2D eigenvalue weighted by molar-refractivity contribution is -0.137. The largest absolute Gasteiger partial charge is 0.444 e. The fourth-order valence-electron chi connectivity index (χ4n) is 4.12. The number of likely N-dealkylation sites (N-methyl/N-ethyl adjacent to an activating group) is 1. The Morgan fingerprint density at radius 1 is 1.24 bits per heavy atom. The first kappa shape index (κ1) is 28.8. The third-order valence-electron chi connectivity index (χ3n) is 5.74. The molecule has 0 aliphatic carbocycles. The van der Waals surface area contributed by atoms with Gasteiger partial charge in [-0.1, -0.05) is 6.07 Å². The first-order valence-electron chi connectivity index (χ1n) is 11.6. The number of para-hydroxylation sites is 1. The Labute approximate surface area is 216 Å². The summed E-state index contributed by atoms with van der Waals surface area (Å²) < 4.78 is 60.2. The highest BCUT2D eigenvalue weighted by molar-refractivity contribution is 6.10. The molecule has 3 rings (SSSR count). The van der Waals surface area contributed by atoms with Crippen molar-refractivity contribution in [3.05, 3.63) is 47.4 Å². The number of hydrogen-bond acceptors (Lipinski definition) is 6. The summed E-state index contributed by atoms with van der Waals surface area (Å²) in [5.41, 5.74) is -2.49. The fraction of sp³-hybridized carbons (Fsp3) is 0.440. The van der Waals surface area contributed by atoms with E-state index >= 15 is 0 Å². The van der Waals surface area contributed by atoms with Gasteiger partial charge in [-0.05, 0) is 52.0 Å². The first-order chi connectivity index (χ1) is 17.5. The minimum absolute atomic E-state index is 0.0383. The summed E-state index contributed by atoms with van der Waals surface area (Å²) >= 11 is 0. The summed E-state index contributed by atoms with van der Waals surface area (Å²) in [5.74, 6) is -3.83. The zero-order valence-electron chi connectivity index (χ0n) is 21.4. The average molecular weight is 541 g/mol. The number of halogens is 4. The Morgan fingerprint density at radius 2 is 1.89 bits per heavy atom. The number of pyridine rings is 1. The van der Waals surface area contributed by atoms with Crippen LogP contribution in [-0.4, -0.2) is 53.3 Å². The Hall–Kier alpha value is -3.74. The standard InChI is InChI=1S/C25H28F4N4O5/c1-13-9-15(25(27,28)29)11-18(30-13)33-19(35)10-14(12-34)21(33)22(36)32(5)17-8-6-7-16(26)20(17)31-23(37)38-24(2,3)4/h6-9,11,14,21,34H,10,12H2,1-5H3,(H,31,37)/t14-,21+/m1/s1. The lowest BCUT2D eigenvalue weighted by Crippen LogP contribution is -2.49. The SMILES string of the molecule is Cc1cc(C(F)(F)F)cc(N2C(=O)C[C@H](CO)[C@H]2C(=O)N(C)c2cccc(F)c2NC(=O)OC(C)(C)C)n1. The highest BCUT2D eigenvalue weighted by Gasteiger charge is 2.47. The van der Waals surface area contributed by atoms with Crippen molar-refractivity contribution in [2.75, 3.05) is 28.8 Å². The Bertz CT molecular complexity index is 1250. The van der Waals surface area contributed by atoms with Gasteiger partial charge in [0.05, 0.1) is 11.3 Å². The molecule has 0 bridgehead atoms. The van der Waals surface area contributed by atoms with Crippen LogP contribution in [0.5, 0.6) is 0 Å². The van der Waals surface area contributed by atoms with E-state index in [0.717, 1.165) is 21.9 Å². The zero-order valence-corrected chi connectivity index (χ0v) is 21.4. The number of carbonyl (C=O) groups excluding carboxylic acids is 3. The van der Waals surface area contributed by atoms with Crippen LogP contribution in [0, 0.1) is 18.7 Å². The third-order valence-corrected chi connectivity index (χ3v) is 5.74. The average Bonchev–Trinajstić information content (AvgIpc) is 3.13. The maximum Gasteiger partial charge on any atom is 0.416 e. The maximum atomic E-state index is 14.8. The van der Waals surface area contributed by atoms with E-state index in [9.17, 15) is 37.1 Å². The lowest BCUT2D eigenvalue weighted by atomic mass is 9.99. The van der Waals surface area contributed by atoms with Gasteiger partial charge in [0.25, 0.3) is 0 Å². The smallest absolute Gasteiger partial charge is 0.416 e. The van der Waals surface area contributed by atoms with Crippen molar-refractivity contribution in [1.29, 1.82) is 0 Å². The van der Waals surface area contributed by atoms with E-state index in [-0.39, 0.29) is 23.5 Å². The van der Waals surface area contributed by atoms with Crippen LogP contribution < -0.4 is 15.1 Å². The number of nitrogens with zero attached hydrogens (tertiary/aromatic N) is 3. The number of aliphatic hydroxyl groups is 1. The molecule has 206 valence electrons. The van der Waals surface area contributed by atoms with E-state index in [1.807, 2.05) is 0 Å². The number of aliphatic hydroxyl groups excluding tert-OH is 1. The number of hydrogen-bond donors (Lipinski definition) is 2. The van der Waals surface area contributed by atoms with Crippen LogP contribution in [0.3, 0.4) is 0 Å². The summed E-state index contributed by atoms with van der Waals surface area (Å²) in [5, 5.41) is 12.2. The molecule has 2 atom stereocenters. The van der Waals surface area contributed by atoms with Crippen LogP contribution in [0.15, 0.2) is 30.3 Å². The van der Waals surface area contributed by atoms with Crippen LogP contribution in [0.1, 0.15) is 38.4 Å². The van der Waals surface area contributed by atoms with Crippen molar-refractivity contribution in [3.8, 4) is 0 Å². The van der Waals surface area contributed by atoms with E-state index < -0.39 is 65.5 Å². The van der Waals surface area contributed by atoms with E-state index in [1.165, 1.54) is 26.1 Å². The number of benzene rings is 1. The van der Waals surface area contributed by atoms with Gasteiger partial charge >= 0.3 is 12.3 Å². The number of alkyl halides is 3. The molecule has 1 aliphatic heterocycles. The van der Waals surface area contributed by atoms with Crippen LogP contribution >= 0.6 is 0 Å². The highest BCUT2D eigenvalue weighted by atomic mass is 19.4. The molecular weight excluding hydrogens is 512 g/mol. The number of aryl methyl sites for hydroxylation is 1. The van der Waals surface area contributed by atoms with Gasteiger partial charge in [0.1, 0.15) is 29.0 Å². The topological polar surface area (TPSA) is 112 Å². The van der Waals surface area contributed by atoms with E-state index in [4.69, 9.17) is 4.74 Å². The van der Waals surface area contributed by atoms with Gasteiger partial charge in [-0.25, -0.2) is 14.2 Å². The number of amides is 3. The maximum absolute atomic E-state index is 14.8. The van der Waals surface area contributed by atoms with Crippen LogP contribution in [0.25, 0.3) is 0 Å². The quantitative estimate of drug-likeness (QED) is 0.548. The molecule has 0 unspecified atom stereocenters. The number of anilines is 3. The molecule has 2 N–H and O–H groups in total. The number of rotatable bonds is 5. The molecule has 1 aromatic heterocycles. The molecule has 0 radical (unpaired) electrons.